The first-order chi connectivity index (χ1) is 11.5. The van der Waals surface area contributed by atoms with Crippen molar-refractivity contribution in [3.05, 3.63) is 33.1 Å². The fourth-order valence-electron chi connectivity index (χ4n) is 3.16. The number of benzene rings is 1. The molecule has 0 saturated heterocycles. The number of anilines is 1. The van der Waals surface area contributed by atoms with E-state index in [-0.39, 0.29) is 6.04 Å². The van der Waals surface area contributed by atoms with E-state index in [1.54, 1.807) is 11.3 Å². The summed E-state index contributed by atoms with van der Waals surface area (Å²) in [5, 5.41) is 11.0. The first kappa shape index (κ1) is 15.9. The number of rotatable bonds is 1. The van der Waals surface area contributed by atoms with Gasteiger partial charge in [0.05, 0.1) is 21.3 Å². The summed E-state index contributed by atoms with van der Waals surface area (Å²) in [5.41, 5.74) is 9.39. The van der Waals surface area contributed by atoms with Crippen LogP contribution in [0.3, 0.4) is 0 Å². The van der Waals surface area contributed by atoms with Crippen molar-refractivity contribution in [2.45, 2.75) is 19.4 Å². The van der Waals surface area contributed by atoms with E-state index in [0.29, 0.717) is 13.0 Å². The summed E-state index contributed by atoms with van der Waals surface area (Å²) in [5.74, 6) is 0. The number of carboxylic acid groups (broad SMARTS) is 1. The Kier molecular flexibility index (Phi) is 3.78. The standard InChI is InChI=1S/C16H14BrN3O2S2/c1-7-13-9(4-5-20(7)16(21)22)12(14(18)24-13)15-19-10-6-8(17)2-3-11(10)23-15/h2-3,6-7H,4-5,18H2,1H3,(H,21,22)/t7-/m1/s1. The van der Waals surface area contributed by atoms with Gasteiger partial charge in [0.25, 0.3) is 0 Å². The van der Waals surface area contributed by atoms with Gasteiger partial charge >= 0.3 is 6.09 Å². The number of amides is 1. The van der Waals surface area contributed by atoms with E-state index < -0.39 is 6.09 Å². The predicted molar refractivity (Wildman–Crippen MR) is 102 cm³/mol. The van der Waals surface area contributed by atoms with Crippen molar-refractivity contribution >= 4 is 59.9 Å². The van der Waals surface area contributed by atoms with Crippen LogP contribution < -0.4 is 5.73 Å². The Bertz CT molecular complexity index is 966. The SMILES string of the molecule is C[C@@H]1c2sc(N)c(-c3nc4cc(Br)ccc4s3)c2CCN1C(=O)O. The molecule has 3 heterocycles. The molecule has 1 atom stereocenters. The molecule has 0 fully saturated rings. The topological polar surface area (TPSA) is 79.5 Å². The highest BCUT2D eigenvalue weighted by Crippen LogP contribution is 2.47. The van der Waals surface area contributed by atoms with Crippen LogP contribution in [0, 0.1) is 0 Å². The van der Waals surface area contributed by atoms with E-state index in [2.05, 4.69) is 15.9 Å². The van der Waals surface area contributed by atoms with Crippen molar-refractivity contribution in [3.8, 4) is 10.6 Å². The first-order valence-electron chi connectivity index (χ1n) is 7.42. The molecule has 124 valence electrons. The first-order valence-corrected chi connectivity index (χ1v) is 9.85. The number of nitrogens with zero attached hydrogens (tertiary/aromatic N) is 2. The van der Waals surface area contributed by atoms with Gasteiger partial charge in [0, 0.05) is 21.5 Å². The van der Waals surface area contributed by atoms with Crippen LogP contribution in [0.4, 0.5) is 9.80 Å². The van der Waals surface area contributed by atoms with Gasteiger partial charge in [-0.3, -0.25) is 0 Å². The fraction of sp³-hybridized carbons (Fsp3) is 0.250. The zero-order chi connectivity index (χ0) is 17.0. The van der Waals surface area contributed by atoms with E-state index >= 15 is 0 Å². The number of halogens is 1. The number of nitrogen functional groups attached to an aromatic ring is 1. The Balaban J connectivity index is 1.85. The Labute approximate surface area is 154 Å². The van der Waals surface area contributed by atoms with Crippen LogP contribution in [-0.4, -0.2) is 27.6 Å². The molecule has 4 rings (SSSR count). The lowest BCUT2D eigenvalue weighted by atomic mass is 9.99. The summed E-state index contributed by atoms with van der Waals surface area (Å²) in [6.07, 6.45) is -0.208. The minimum absolute atomic E-state index is 0.171. The maximum Gasteiger partial charge on any atom is 0.407 e. The van der Waals surface area contributed by atoms with E-state index in [1.165, 1.54) is 16.2 Å². The molecule has 1 aromatic carbocycles. The Hall–Kier alpha value is -1.64. The van der Waals surface area contributed by atoms with Crippen LogP contribution in [-0.2, 0) is 6.42 Å². The molecule has 24 heavy (non-hydrogen) atoms. The fourth-order valence-corrected chi connectivity index (χ4v) is 5.79. The van der Waals surface area contributed by atoms with Crippen LogP contribution in [0.2, 0.25) is 0 Å². The van der Waals surface area contributed by atoms with Crippen molar-refractivity contribution in [2.75, 3.05) is 12.3 Å². The molecule has 0 spiro atoms. The summed E-state index contributed by atoms with van der Waals surface area (Å²) in [6.45, 7) is 2.41. The smallest absolute Gasteiger partial charge is 0.407 e. The van der Waals surface area contributed by atoms with E-state index in [0.717, 1.165) is 40.7 Å². The van der Waals surface area contributed by atoms with Crippen LogP contribution in [0.25, 0.3) is 20.8 Å². The summed E-state index contributed by atoms with van der Waals surface area (Å²) >= 11 is 6.58. The number of hydrogen-bond donors (Lipinski definition) is 2. The highest BCUT2D eigenvalue weighted by atomic mass is 79.9. The highest BCUT2D eigenvalue weighted by Gasteiger charge is 2.33. The molecule has 0 radical (unpaired) electrons. The molecule has 8 heteroatoms. The van der Waals surface area contributed by atoms with E-state index in [4.69, 9.17) is 10.7 Å². The lowest BCUT2D eigenvalue weighted by molar-refractivity contribution is 0.125. The highest BCUT2D eigenvalue weighted by molar-refractivity contribution is 9.10. The van der Waals surface area contributed by atoms with Gasteiger partial charge in [-0.2, -0.15) is 0 Å². The number of hydrogen-bond acceptors (Lipinski definition) is 5. The quantitative estimate of drug-likeness (QED) is 0.578. The molecular weight excluding hydrogens is 410 g/mol. The summed E-state index contributed by atoms with van der Waals surface area (Å²) in [4.78, 5) is 18.6. The van der Waals surface area contributed by atoms with Gasteiger partial charge in [-0.05, 0) is 37.1 Å². The summed E-state index contributed by atoms with van der Waals surface area (Å²) in [6, 6.07) is 5.88. The third-order valence-corrected chi connectivity index (χ3v) is 7.10. The predicted octanol–water partition coefficient (Wildman–Crippen LogP) is 4.97. The lowest BCUT2D eigenvalue weighted by Crippen LogP contribution is -2.37. The van der Waals surface area contributed by atoms with Crippen LogP contribution in [0.1, 0.15) is 23.4 Å². The minimum atomic E-state index is -0.883. The maximum atomic E-state index is 11.4. The second kappa shape index (κ2) is 5.72. The minimum Gasteiger partial charge on any atom is -0.465 e. The van der Waals surface area contributed by atoms with Gasteiger partial charge in [0.2, 0.25) is 0 Å². The summed E-state index contributed by atoms with van der Waals surface area (Å²) in [7, 11) is 0. The molecule has 1 aliphatic rings. The van der Waals surface area contributed by atoms with E-state index in [1.807, 2.05) is 25.1 Å². The molecule has 0 bridgehead atoms. The van der Waals surface area contributed by atoms with Crippen molar-refractivity contribution < 1.29 is 9.90 Å². The number of nitrogens with two attached hydrogens (primary N) is 1. The maximum absolute atomic E-state index is 11.4. The number of thiophene rings is 1. The molecule has 1 amide bonds. The molecule has 1 aliphatic heterocycles. The molecule has 3 N–H and O–H groups in total. The monoisotopic (exact) mass is 423 g/mol. The molecule has 0 unspecified atom stereocenters. The van der Waals surface area contributed by atoms with Gasteiger partial charge in [0.15, 0.2) is 0 Å². The second-order valence-corrected chi connectivity index (χ2v) is 8.75. The van der Waals surface area contributed by atoms with Gasteiger partial charge in [-0.1, -0.05) is 15.9 Å². The summed E-state index contributed by atoms with van der Waals surface area (Å²) < 4.78 is 2.11. The van der Waals surface area contributed by atoms with Gasteiger partial charge in [0.1, 0.15) is 5.01 Å². The van der Waals surface area contributed by atoms with Gasteiger partial charge < -0.3 is 15.7 Å². The average Bonchev–Trinajstić information content (AvgIpc) is 3.07. The molecule has 5 nitrogen and oxygen atoms in total. The van der Waals surface area contributed by atoms with Crippen LogP contribution in [0.5, 0.6) is 0 Å². The largest absolute Gasteiger partial charge is 0.465 e. The van der Waals surface area contributed by atoms with Crippen molar-refractivity contribution in [2.24, 2.45) is 0 Å². The zero-order valence-corrected chi connectivity index (χ0v) is 16.0. The molecule has 3 aromatic rings. The number of carbonyl (C=O) groups is 1. The van der Waals surface area contributed by atoms with Crippen LogP contribution in [0.15, 0.2) is 22.7 Å². The number of fused-ring (bicyclic) bond motifs is 2. The Morgan fingerprint density at radius 2 is 2.25 bits per heavy atom. The zero-order valence-electron chi connectivity index (χ0n) is 12.7. The Morgan fingerprint density at radius 1 is 1.46 bits per heavy atom. The second-order valence-electron chi connectivity index (χ2n) is 5.72. The molecule has 0 saturated carbocycles. The normalized spacial score (nSPS) is 17.2. The third kappa shape index (κ3) is 2.40. The average molecular weight is 424 g/mol. The number of aromatic nitrogens is 1. The van der Waals surface area contributed by atoms with Crippen LogP contribution >= 0.6 is 38.6 Å². The Morgan fingerprint density at radius 3 is 3.00 bits per heavy atom. The van der Waals surface area contributed by atoms with Crippen molar-refractivity contribution in [1.29, 1.82) is 0 Å². The number of thiazole rings is 1. The van der Waals surface area contributed by atoms with Gasteiger partial charge in [-0.25, -0.2) is 9.78 Å². The van der Waals surface area contributed by atoms with E-state index in [9.17, 15) is 9.90 Å². The molecular formula is C16H14BrN3O2S2. The lowest BCUT2D eigenvalue weighted by Gasteiger charge is -2.31. The van der Waals surface area contributed by atoms with Crippen molar-refractivity contribution in [3.63, 3.8) is 0 Å². The third-order valence-electron chi connectivity index (χ3n) is 4.32. The van der Waals surface area contributed by atoms with Gasteiger partial charge in [-0.15, -0.1) is 22.7 Å². The van der Waals surface area contributed by atoms with Crippen molar-refractivity contribution in [1.82, 2.24) is 9.88 Å². The molecule has 0 aliphatic carbocycles. The molecule has 2 aromatic heterocycles.